The van der Waals surface area contributed by atoms with Crippen molar-refractivity contribution >= 4 is 23.9 Å². The van der Waals surface area contributed by atoms with Crippen LogP contribution in [0.25, 0.3) is 0 Å². The first-order chi connectivity index (χ1) is 15.9. The zero-order valence-electron chi connectivity index (χ0n) is 18.9. The van der Waals surface area contributed by atoms with Gasteiger partial charge >= 0.3 is 11.8 Å². The van der Waals surface area contributed by atoms with Crippen molar-refractivity contribution in [1.29, 1.82) is 0 Å². The van der Waals surface area contributed by atoms with Gasteiger partial charge in [-0.2, -0.15) is 5.10 Å². The van der Waals surface area contributed by atoms with E-state index in [1.165, 1.54) is 6.21 Å². The summed E-state index contributed by atoms with van der Waals surface area (Å²) in [6.07, 6.45) is 2.14. The summed E-state index contributed by atoms with van der Waals surface area (Å²) in [6.45, 7) is 5.04. The summed E-state index contributed by atoms with van der Waals surface area (Å²) in [5.74, 6) is -1.31. The summed E-state index contributed by atoms with van der Waals surface area (Å²) in [4.78, 5) is 35.3. The minimum absolute atomic E-state index is 0.102. The van der Waals surface area contributed by atoms with Crippen molar-refractivity contribution in [2.45, 2.75) is 32.9 Å². The van der Waals surface area contributed by atoms with Gasteiger partial charge in [-0.05, 0) is 55.7 Å². The second kappa shape index (κ2) is 14.4. The Kier molecular flexibility index (Phi) is 11.1. The van der Waals surface area contributed by atoms with Crippen molar-refractivity contribution in [2.24, 2.45) is 5.10 Å². The number of hydrogen-bond donors (Lipinski definition) is 3. The number of nitrogens with one attached hydrogen (secondary N) is 3. The molecule has 2 aromatic rings. The van der Waals surface area contributed by atoms with Crippen LogP contribution >= 0.6 is 0 Å². The van der Waals surface area contributed by atoms with Crippen LogP contribution in [0.3, 0.4) is 0 Å². The lowest BCUT2D eigenvalue weighted by Gasteiger charge is -2.08. The molecule has 0 aliphatic rings. The molecule has 0 saturated heterocycles. The minimum Gasteiger partial charge on any atom is -0.484 e. The van der Waals surface area contributed by atoms with Crippen molar-refractivity contribution in [3.8, 4) is 5.75 Å². The number of benzene rings is 2. The Hall–Kier alpha value is -3.72. The predicted molar refractivity (Wildman–Crippen MR) is 125 cm³/mol. The average Bonchev–Trinajstić information content (AvgIpc) is 2.82. The number of carbonyl (C=O) groups excluding carboxylic acids is 3. The van der Waals surface area contributed by atoms with Crippen LogP contribution in [0.15, 0.2) is 59.7 Å². The van der Waals surface area contributed by atoms with E-state index in [2.05, 4.69) is 21.2 Å². The third-order valence-electron chi connectivity index (χ3n) is 4.23. The molecule has 0 fully saturated rings. The molecule has 2 aromatic carbocycles. The van der Waals surface area contributed by atoms with E-state index in [9.17, 15) is 14.4 Å². The highest BCUT2D eigenvalue weighted by Gasteiger charge is 2.11. The Balaban J connectivity index is 1.65. The Morgan fingerprint density at radius 1 is 0.970 bits per heavy atom. The average molecular weight is 455 g/mol. The molecule has 9 heteroatoms. The third kappa shape index (κ3) is 10.9. The molecule has 2 rings (SSSR count). The zero-order valence-corrected chi connectivity index (χ0v) is 18.9. The number of hydrazone groups is 1. The molecule has 33 heavy (non-hydrogen) atoms. The lowest BCUT2D eigenvalue weighted by Crippen LogP contribution is -2.38. The number of carbonyl (C=O) groups is 3. The van der Waals surface area contributed by atoms with Crippen molar-refractivity contribution < 1.29 is 23.9 Å². The highest BCUT2D eigenvalue weighted by atomic mass is 16.5. The molecule has 0 radical (unpaired) electrons. The lowest BCUT2D eigenvalue weighted by atomic mass is 10.2. The van der Waals surface area contributed by atoms with E-state index in [1.54, 1.807) is 24.3 Å². The number of amides is 3. The summed E-state index contributed by atoms with van der Waals surface area (Å²) in [7, 11) is 0. The van der Waals surface area contributed by atoms with Gasteiger partial charge in [-0.25, -0.2) is 5.43 Å². The molecule has 0 atom stereocenters. The van der Waals surface area contributed by atoms with Gasteiger partial charge < -0.3 is 20.1 Å². The predicted octanol–water partition coefficient (Wildman–Crippen LogP) is 1.76. The molecule has 9 nitrogen and oxygen atoms in total. The van der Waals surface area contributed by atoms with Crippen LogP contribution in [0.1, 0.15) is 31.4 Å². The number of rotatable bonds is 12. The zero-order chi connectivity index (χ0) is 23.9. The molecule has 3 amide bonds. The number of hydrogen-bond acceptors (Lipinski definition) is 6. The van der Waals surface area contributed by atoms with E-state index in [0.717, 1.165) is 5.56 Å². The van der Waals surface area contributed by atoms with Crippen LogP contribution < -0.4 is 20.8 Å². The second-order valence-electron chi connectivity index (χ2n) is 7.35. The van der Waals surface area contributed by atoms with Gasteiger partial charge in [-0.3, -0.25) is 14.4 Å². The second-order valence-corrected chi connectivity index (χ2v) is 7.35. The molecule has 0 unspecified atom stereocenters. The molecule has 0 aliphatic carbocycles. The molecule has 0 heterocycles. The quantitative estimate of drug-likeness (QED) is 0.196. The molecule has 176 valence electrons. The molecular formula is C24H30N4O5. The summed E-state index contributed by atoms with van der Waals surface area (Å²) >= 11 is 0. The van der Waals surface area contributed by atoms with Crippen LogP contribution in [0.5, 0.6) is 5.75 Å². The largest absolute Gasteiger partial charge is 0.484 e. The molecule has 3 N–H and O–H groups in total. The van der Waals surface area contributed by atoms with Gasteiger partial charge in [-0.1, -0.05) is 30.3 Å². The lowest BCUT2D eigenvalue weighted by molar-refractivity contribution is -0.139. The maximum atomic E-state index is 11.9. The van der Waals surface area contributed by atoms with Gasteiger partial charge in [0.15, 0.2) is 6.61 Å². The van der Waals surface area contributed by atoms with Gasteiger partial charge in [0, 0.05) is 19.7 Å². The van der Waals surface area contributed by atoms with Crippen molar-refractivity contribution in [3.05, 3.63) is 65.7 Å². The van der Waals surface area contributed by atoms with Gasteiger partial charge in [0.2, 0.25) is 0 Å². The highest BCUT2D eigenvalue weighted by Crippen LogP contribution is 2.11. The van der Waals surface area contributed by atoms with E-state index >= 15 is 0 Å². The first-order valence-corrected chi connectivity index (χ1v) is 10.7. The number of ether oxygens (including phenoxy) is 2. The van der Waals surface area contributed by atoms with E-state index in [1.807, 2.05) is 44.2 Å². The van der Waals surface area contributed by atoms with Crippen molar-refractivity contribution in [2.75, 3.05) is 19.8 Å². The SMILES string of the molecule is CC(C)OCCCNC(=O)C(=O)N/N=C\c1ccc(OCC(=O)NCc2ccccc2)cc1. The molecule has 0 saturated carbocycles. The first-order valence-electron chi connectivity index (χ1n) is 10.7. The Bertz CT molecular complexity index is 914. The minimum atomic E-state index is -0.850. The molecule has 0 spiro atoms. The van der Waals surface area contributed by atoms with Crippen molar-refractivity contribution in [3.63, 3.8) is 0 Å². The fraction of sp³-hybridized carbons (Fsp3) is 0.333. The summed E-state index contributed by atoms with van der Waals surface area (Å²) in [5, 5.41) is 9.06. The van der Waals surface area contributed by atoms with E-state index in [4.69, 9.17) is 9.47 Å². The smallest absolute Gasteiger partial charge is 0.329 e. The fourth-order valence-electron chi connectivity index (χ4n) is 2.54. The molecule has 0 aliphatic heterocycles. The molecular weight excluding hydrogens is 424 g/mol. The topological polar surface area (TPSA) is 118 Å². The summed E-state index contributed by atoms with van der Waals surface area (Å²) in [5.41, 5.74) is 3.87. The Morgan fingerprint density at radius 3 is 2.39 bits per heavy atom. The van der Waals surface area contributed by atoms with E-state index < -0.39 is 11.8 Å². The summed E-state index contributed by atoms with van der Waals surface area (Å²) < 4.78 is 10.8. The first kappa shape index (κ1) is 25.5. The van der Waals surface area contributed by atoms with Crippen LogP contribution in [-0.2, 0) is 25.7 Å². The standard InChI is InChI=1S/C24H30N4O5/c1-18(2)32-14-6-13-25-23(30)24(31)28-27-16-20-9-11-21(12-10-20)33-17-22(29)26-15-19-7-4-3-5-8-19/h3-5,7-12,16,18H,6,13-15,17H2,1-2H3,(H,25,30)(H,26,29)(H,28,31)/b27-16-. The molecule has 0 bridgehead atoms. The van der Waals surface area contributed by atoms with Crippen molar-refractivity contribution in [1.82, 2.24) is 16.1 Å². The van der Waals surface area contributed by atoms with Gasteiger partial charge in [0.25, 0.3) is 5.91 Å². The normalized spacial score (nSPS) is 10.8. The van der Waals surface area contributed by atoms with Gasteiger partial charge in [-0.15, -0.1) is 0 Å². The van der Waals surface area contributed by atoms with Crippen LogP contribution in [-0.4, -0.2) is 49.8 Å². The van der Waals surface area contributed by atoms with Crippen LogP contribution in [0.2, 0.25) is 0 Å². The van der Waals surface area contributed by atoms with Crippen LogP contribution in [0.4, 0.5) is 0 Å². The maximum absolute atomic E-state index is 11.9. The summed E-state index contributed by atoms with van der Waals surface area (Å²) in [6, 6.07) is 16.4. The van der Waals surface area contributed by atoms with Crippen LogP contribution in [0, 0.1) is 0 Å². The van der Waals surface area contributed by atoms with Gasteiger partial charge in [0.05, 0.1) is 12.3 Å². The fourth-order valence-corrected chi connectivity index (χ4v) is 2.54. The number of nitrogens with zero attached hydrogens (tertiary/aromatic N) is 1. The van der Waals surface area contributed by atoms with E-state index in [0.29, 0.717) is 37.4 Å². The maximum Gasteiger partial charge on any atom is 0.329 e. The Morgan fingerprint density at radius 2 is 1.70 bits per heavy atom. The van der Waals surface area contributed by atoms with E-state index in [-0.39, 0.29) is 18.6 Å². The third-order valence-corrected chi connectivity index (χ3v) is 4.23. The highest BCUT2D eigenvalue weighted by molar-refractivity contribution is 6.35. The monoisotopic (exact) mass is 454 g/mol. The van der Waals surface area contributed by atoms with Gasteiger partial charge in [0.1, 0.15) is 5.75 Å². The Labute approximate surface area is 193 Å². The molecule has 0 aromatic heterocycles.